The summed E-state index contributed by atoms with van der Waals surface area (Å²) in [6, 6.07) is 5.31. The van der Waals surface area contributed by atoms with Crippen LogP contribution in [0.5, 0.6) is 0 Å². The zero-order chi connectivity index (χ0) is 17.5. The third-order valence-corrected chi connectivity index (χ3v) is 3.93. The minimum Gasteiger partial charge on any atom is -0.382 e. The topological polar surface area (TPSA) is 67.9 Å². The molecule has 24 heavy (non-hydrogen) atoms. The second-order valence-corrected chi connectivity index (χ2v) is 5.54. The monoisotopic (exact) mass is 338 g/mol. The molecular weight excluding hydrogens is 315 g/mol. The van der Waals surface area contributed by atoms with Crippen molar-refractivity contribution < 1.29 is 23.5 Å². The zero-order valence-electron chi connectivity index (χ0n) is 14.0. The number of ether oxygens (including phenoxy) is 2. The normalized spacial score (nSPS) is 21.0. The van der Waals surface area contributed by atoms with E-state index in [4.69, 9.17) is 9.47 Å². The number of hydrogen-bond donors (Lipinski definition) is 1. The second kappa shape index (κ2) is 8.75. The minimum absolute atomic E-state index is 0.196. The average Bonchev–Trinajstić information content (AvgIpc) is 2.57. The predicted molar refractivity (Wildman–Crippen MR) is 85.8 cm³/mol. The summed E-state index contributed by atoms with van der Waals surface area (Å²) in [5.74, 6) is -1.12. The van der Waals surface area contributed by atoms with E-state index in [9.17, 15) is 14.0 Å². The van der Waals surface area contributed by atoms with Crippen molar-refractivity contribution in [2.75, 3.05) is 33.4 Å². The smallest absolute Gasteiger partial charge is 0.251 e. The summed E-state index contributed by atoms with van der Waals surface area (Å²) >= 11 is 0. The van der Waals surface area contributed by atoms with E-state index >= 15 is 0 Å². The molecule has 0 aliphatic carbocycles. The first-order valence-electron chi connectivity index (χ1n) is 8.03. The summed E-state index contributed by atoms with van der Waals surface area (Å²) in [5, 5.41) is 2.76. The first kappa shape index (κ1) is 18.4. The number of nitrogens with zero attached hydrogens (tertiary/aromatic N) is 1. The Morgan fingerprint density at radius 2 is 2.21 bits per heavy atom. The third-order valence-electron chi connectivity index (χ3n) is 3.93. The summed E-state index contributed by atoms with van der Waals surface area (Å²) in [4.78, 5) is 25.7. The van der Waals surface area contributed by atoms with Crippen LogP contribution in [0.15, 0.2) is 24.3 Å². The number of nitrogens with one attached hydrogen (secondary N) is 1. The third kappa shape index (κ3) is 4.30. The molecule has 0 bridgehead atoms. The van der Waals surface area contributed by atoms with Gasteiger partial charge in [-0.2, -0.15) is 0 Å². The van der Waals surface area contributed by atoms with Crippen molar-refractivity contribution in [1.29, 1.82) is 0 Å². The van der Waals surface area contributed by atoms with Crippen LogP contribution in [-0.2, 0) is 19.1 Å². The van der Waals surface area contributed by atoms with Gasteiger partial charge in [0.1, 0.15) is 12.4 Å². The molecule has 0 unspecified atom stereocenters. The van der Waals surface area contributed by atoms with Crippen molar-refractivity contribution in [1.82, 2.24) is 10.2 Å². The van der Waals surface area contributed by atoms with E-state index in [1.165, 1.54) is 11.0 Å². The van der Waals surface area contributed by atoms with Crippen LogP contribution in [-0.4, -0.2) is 56.2 Å². The number of carbonyl (C=O) groups is 2. The lowest BCUT2D eigenvalue weighted by atomic mass is 9.97. The lowest BCUT2D eigenvalue weighted by Crippen LogP contribution is -2.53. The lowest BCUT2D eigenvalue weighted by molar-refractivity contribution is -0.162. The Hall–Kier alpha value is -1.99. The molecular formula is C17H23FN2O4. The van der Waals surface area contributed by atoms with Gasteiger partial charge in [0.2, 0.25) is 5.91 Å². The Morgan fingerprint density at radius 3 is 2.92 bits per heavy atom. The van der Waals surface area contributed by atoms with Crippen LogP contribution in [0.1, 0.15) is 24.9 Å². The number of carbonyl (C=O) groups excluding carboxylic acids is 2. The fourth-order valence-electron chi connectivity index (χ4n) is 2.65. The fourth-order valence-corrected chi connectivity index (χ4v) is 2.65. The molecule has 2 rings (SSSR count). The van der Waals surface area contributed by atoms with Crippen molar-refractivity contribution in [3.63, 3.8) is 0 Å². The quantitative estimate of drug-likeness (QED) is 0.760. The first-order chi connectivity index (χ1) is 11.6. The van der Waals surface area contributed by atoms with Crippen LogP contribution in [0.2, 0.25) is 0 Å². The van der Waals surface area contributed by atoms with Gasteiger partial charge in [-0.25, -0.2) is 4.39 Å². The van der Waals surface area contributed by atoms with Crippen LogP contribution >= 0.6 is 0 Å². The molecule has 6 nitrogen and oxygen atoms in total. The molecule has 0 saturated carbocycles. The average molecular weight is 338 g/mol. The Labute approximate surface area is 140 Å². The Bertz CT molecular complexity index is 581. The van der Waals surface area contributed by atoms with E-state index in [1.807, 2.05) is 6.92 Å². The van der Waals surface area contributed by atoms with Gasteiger partial charge in [0.15, 0.2) is 6.10 Å². The fraction of sp³-hybridized carbons (Fsp3) is 0.529. The zero-order valence-corrected chi connectivity index (χ0v) is 14.0. The summed E-state index contributed by atoms with van der Waals surface area (Å²) in [6.45, 7) is 3.32. The first-order valence-corrected chi connectivity index (χ1v) is 8.03. The number of morpholine rings is 1. The van der Waals surface area contributed by atoms with Crippen molar-refractivity contribution in [3.05, 3.63) is 35.6 Å². The second-order valence-electron chi connectivity index (χ2n) is 5.54. The molecule has 1 fully saturated rings. The van der Waals surface area contributed by atoms with Gasteiger partial charge >= 0.3 is 0 Å². The van der Waals surface area contributed by atoms with E-state index in [0.29, 0.717) is 26.2 Å². The van der Waals surface area contributed by atoms with Gasteiger partial charge in [-0.3, -0.25) is 9.59 Å². The van der Waals surface area contributed by atoms with Crippen LogP contribution in [0, 0.1) is 5.82 Å². The molecule has 1 N–H and O–H groups in total. The summed E-state index contributed by atoms with van der Waals surface area (Å²) in [6.07, 6.45) is -0.275. The molecule has 2 amide bonds. The van der Waals surface area contributed by atoms with Gasteiger partial charge in [-0.1, -0.05) is 18.2 Å². The Morgan fingerprint density at radius 1 is 1.46 bits per heavy atom. The molecule has 7 heteroatoms. The maximum absolute atomic E-state index is 14.2. The van der Waals surface area contributed by atoms with Crippen LogP contribution in [0.25, 0.3) is 0 Å². The molecule has 1 aliphatic heterocycles. The largest absolute Gasteiger partial charge is 0.382 e. The van der Waals surface area contributed by atoms with Gasteiger partial charge in [0.05, 0.1) is 6.04 Å². The molecule has 1 aromatic carbocycles. The number of rotatable bonds is 7. The van der Waals surface area contributed by atoms with Gasteiger partial charge in [0.25, 0.3) is 5.91 Å². The highest BCUT2D eigenvalue weighted by Crippen LogP contribution is 2.30. The molecule has 132 valence electrons. The molecule has 0 spiro atoms. The van der Waals surface area contributed by atoms with E-state index < -0.39 is 18.0 Å². The van der Waals surface area contributed by atoms with Crippen LogP contribution < -0.4 is 5.32 Å². The summed E-state index contributed by atoms with van der Waals surface area (Å²) < 4.78 is 24.8. The summed E-state index contributed by atoms with van der Waals surface area (Å²) in [7, 11) is 1.55. The Balaban J connectivity index is 2.09. The highest BCUT2D eigenvalue weighted by Gasteiger charge is 2.41. The molecule has 2 atom stereocenters. The SMILES string of the molecule is CCOCCCNC(=O)[C@H]1OCC(=O)N(C)[C@@H]1c1ccccc1F. The minimum atomic E-state index is -0.948. The number of benzene rings is 1. The van der Waals surface area contributed by atoms with Crippen LogP contribution in [0.4, 0.5) is 4.39 Å². The molecule has 1 heterocycles. The number of likely N-dealkylation sites (N-methyl/N-ethyl adjacent to an activating group) is 1. The van der Waals surface area contributed by atoms with Crippen molar-refractivity contribution in [3.8, 4) is 0 Å². The van der Waals surface area contributed by atoms with Crippen LogP contribution in [0.3, 0.4) is 0 Å². The number of hydrogen-bond acceptors (Lipinski definition) is 4. The highest BCUT2D eigenvalue weighted by molar-refractivity contribution is 5.86. The molecule has 1 saturated heterocycles. The van der Waals surface area contributed by atoms with Crippen molar-refractivity contribution in [2.45, 2.75) is 25.5 Å². The molecule has 0 radical (unpaired) electrons. The maximum atomic E-state index is 14.2. The predicted octanol–water partition coefficient (Wildman–Crippen LogP) is 1.27. The number of amides is 2. The van der Waals surface area contributed by atoms with Crippen molar-refractivity contribution >= 4 is 11.8 Å². The standard InChI is InChI=1S/C17H23FN2O4/c1-3-23-10-6-9-19-17(22)16-15(20(2)14(21)11-24-16)12-7-4-5-8-13(12)18/h4-5,7-8,15-16H,3,6,9-11H2,1-2H3,(H,19,22)/t15-,16+/m1/s1. The van der Waals surface area contributed by atoms with Gasteiger partial charge < -0.3 is 19.7 Å². The van der Waals surface area contributed by atoms with Crippen molar-refractivity contribution in [2.24, 2.45) is 0 Å². The maximum Gasteiger partial charge on any atom is 0.251 e. The molecule has 0 aromatic heterocycles. The Kier molecular flexibility index (Phi) is 6.69. The van der Waals surface area contributed by atoms with E-state index in [0.717, 1.165) is 0 Å². The van der Waals surface area contributed by atoms with E-state index in [-0.39, 0.29) is 24.0 Å². The number of halogens is 1. The van der Waals surface area contributed by atoms with Gasteiger partial charge in [-0.05, 0) is 19.4 Å². The highest BCUT2D eigenvalue weighted by atomic mass is 19.1. The van der Waals surface area contributed by atoms with E-state index in [2.05, 4.69) is 5.32 Å². The van der Waals surface area contributed by atoms with Gasteiger partial charge in [0, 0.05) is 32.4 Å². The molecule has 1 aliphatic rings. The summed E-state index contributed by atoms with van der Waals surface area (Å²) in [5.41, 5.74) is 0.266. The van der Waals surface area contributed by atoms with E-state index in [1.54, 1.807) is 25.2 Å². The molecule has 1 aromatic rings. The van der Waals surface area contributed by atoms with Gasteiger partial charge in [-0.15, -0.1) is 0 Å². The lowest BCUT2D eigenvalue weighted by Gasteiger charge is -2.38.